The van der Waals surface area contributed by atoms with Gasteiger partial charge in [-0.2, -0.15) is 13.2 Å². The van der Waals surface area contributed by atoms with Gasteiger partial charge in [-0.1, -0.05) is 0 Å². The van der Waals surface area contributed by atoms with Crippen LogP contribution in [0.5, 0.6) is 0 Å². The molecule has 17 heavy (non-hydrogen) atoms. The number of nitrogens with one attached hydrogen (secondary N) is 2. The first-order valence-corrected chi connectivity index (χ1v) is 5.59. The van der Waals surface area contributed by atoms with Crippen LogP contribution in [0.4, 0.5) is 13.2 Å². The molecule has 2 N–H and O–H groups in total. The van der Waals surface area contributed by atoms with E-state index in [1.165, 1.54) is 0 Å². The Morgan fingerprint density at radius 2 is 2.18 bits per heavy atom. The molecule has 7 heteroatoms. The van der Waals surface area contributed by atoms with E-state index < -0.39 is 18.6 Å². The van der Waals surface area contributed by atoms with Gasteiger partial charge in [0.2, 0.25) is 5.91 Å². The van der Waals surface area contributed by atoms with Gasteiger partial charge in [0.1, 0.15) is 0 Å². The highest BCUT2D eigenvalue weighted by molar-refractivity contribution is 5.77. The van der Waals surface area contributed by atoms with Crippen LogP contribution in [0, 0.1) is 5.92 Å². The molecule has 0 radical (unpaired) electrons. The van der Waals surface area contributed by atoms with Crippen LogP contribution in [0.3, 0.4) is 0 Å². The minimum atomic E-state index is -4.28. The molecule has 100 valence electrons. The molecule has 0 spiro atoms. The molecule has 1 rings (SSSR count). The Hall–Kier alpha value is -0.820. The lowest BCUT2D eigenvalue weighted by Crippen LogP contribution is -2.40. The quantitative estimate of drug-likeness (QED) is 0.758. The SMILES string of the molecule is O=C(CNCC(F)(F)F)NCC1CCCOC1. The summed E-state index contributed by atoms with van der Waals surface area (Å²) in [5.41, 5.74) is 0. The van der Waals surface area contributed by atoms with Gasteiger partial charge in [0.05, 0.1) is 19.7 Å². The zero-order chi connectivity index (χ0) is 12.7. The second-order valence-corrected chi connectivity index (χ2v) is 4.11. The highest BCUT2D eigenvalue weighted by atomic mass is 19.4. The third-order valence-corrected chi connectivity index (χ3v) is 2.45. The van der Waals surface area contributed by atoms with Crippen LogP contribution >= 0.6 is 0 Å². The summed E-state index contributed by atoms with van der Waals surface area (Å²) in [4.78, 5) is 11.2. The molecule has 1 atom stereocenters. The summed E-state index contributed by atoms with van der Waals surface area (Å²) >= 11 is 0. The average molecular weight is 254 g/mol. The summed E-state index contributed by atoms with van der Waals surface area (Å²) in [6, 6.07) is 0. The van der Waals surface area contributed by atoms with E-state index in [1.807, 2.05) is 5.32 Å². The van der Waals surface area contributed by atoms with Gasteiger partial charge in [0.15, 0.2) is 0 Å². The second-order valence-electron chi connectivity index (χ2n) is 4.11. The number of carbonyl (C=O) groups is 1. The van der Waals surface area contributed by atoms with Crippen molar-refractivity contribution in [3.8, 4) is 0 Å². The highest BCUT2D eigenvalue weighted by Gasteiger charge is 2.26. The summed E-state index contributed by atoms with van der Waals surface area (Å²) < 4.78 is 40.5. The smallest absolute Gasteiger partial charge is 0.381 e. The maximum absolute atomic E-state index is 11.8. The van der Waals surface area contributed by atoms with E-state index in [0.29, 0.717) is 13.2 Å². The molecular weight excluding hydrogens is 237 g/mol. The number of ether oxygens (including phenoxy) is 1. The Morgan fingerprint density at radius 3 is 2.76 bits per heavy atom. The van der Waals surface area contributed by atoms with Crippen molar-refractivity contribution in [1.29, 1.82) is 0 Å². The lowest BCUT2D eigenvalue weighted by molar-refractivity contribution is -0.128. The third-order valence-electron chi connectivity index (χ3n) is 2.45. The number of rotatable bonds is 5. The standard InChI is InChI=1S/C10H17F3N2O2/c11-10(12,13)7-14-5-9(16)15-4-8-2-1-3-17-6-8/h8,14H,1-7H2,(H,15,16). The predicted octanol–water partition coefficient (Wildman–Crippen LogP) is 0.681. The molecule has 0 aromatic heterocycles. The molecule has 0 bridgehead atoms. The van der Waals surface area contributed by atoms with Crippen LogP contribution in [0.2, 0.25) is 0 Å². The van der Waals surface area contributed by atoms with Gasteiger partial charge in [-0.15, -0.1) is 0 Å². The number of halogens is 3. The van der Waals surface area contributed by atoms with Gasteiger partial charge in [-0.05, 0) is 18.8 Å². The van der Waals surface area contributed by atoms with Gasteiger partial charge in [0, 0.05) is 13.2 Å². The van der Waals surface area contributed by atoms with Crippen molar-refractivity contribution in [2.24, 2.45) is 5.92 Å². The fourth-order valence-electron chi connectivity index (χ4n) is 1.61. The molecule has 1 saturated heterocycles. The molecule has 1 unspecified atom stereocenters. The number of hydrogen-bond acceptors (Lipinski definition) is 3. The van der Waals surface area contributed by atoms with Crippen LogP contribution in [-0.4, -0.2) is 44.9 Å². The van der Waals surface area contributed by atoms with Crippen molar-refractivity contribution in [3.05, 3.63) is 0 Å². The predicted molar refractivity (Wildman–Crippen MR) is 55.5 cm³/mol. The zero-order valence-electron chi connectivity index (χ0n) is 9.48. The number of hydrogen-bond donors (Lipinski definition) is 2. The lowest BCUT2D eigenvalue weighted by Gasteiger charge is -2.22. The zero-order valence-corrected chi connectivity index (χ0v) is 9.48. The van der Waals surface area contributed by atoms with E-state index >= 15 is 0 Å². The maximum atomic E-state index is 11.8. The fraction of sp³-hybridized carbons (Fsp3) is 0.900. The van der Waals surface area contributed by atoms with Crippen molar-refractivity contribution in [1.82, 2.24) is 10.6 Å². The molecule has 1 aliphatic heterocycles. The van der Waals surface area contributed by atoms with Gasteiger partial charge in [-0.25, -0.2) is 0 Å². The molecule has 0 aromatic carbocycles. The minimum absolute atomic E-state index is 0.273. The molecular formula is C10H17F3N2O2. The van der Waals surface area contributed by atoms with Gasteiger partial charge < -0.3 is 15.4 Å². The Balaban J connectivity index is 2.04. The van der Waals surface area contributed by atoms with Gasteiger partial charge >= 0.3 is 6.18 Å². The van der Waals surface area contributed by atoms with Gasteiger partial charge in [0.25, 0.3) is 0 Å². The van der Waals surface area contributed by atoms with E-state index in [2.05, 4.69) is 5.32 Å². The fourth-order valence-corrected chi connectivity index (χ4v) is 1.61. The van der Waals surface area contributed by atoms with Crippen LogP contribution in [0.15, 0.2) is 0 Å². The van der Waals surface area contributed by atoms with E-state index in [1.54, 1.807) is 0 Å². The van der Waals surface area contributed by atoms with Crippen LogP contribution < -0.4 is 10.6 Å². The Labute approximate surface area is 97.9 Å². The van der Waals surface area contributed by atoms with E-state index in [0.717, 1.165) is 19.4 Å². The summed E-state index contributed by atoms with van der Waals surface area (Å²) in [7, 11) is 0. The third kappa shape index (κ3) is 7.17. The first-order valence-electron chi connectivity index (χ1n) is 5.59. The Kier molecular flexibility index (Phi) is 5.70. The molecule has 1 heterocycles. The summed E-state index contributed by atoms with van der Waals surface area (Å²) in [5.74, 6) is -0.143. The lowest BCUT2D eigenvalue weighted by atomic mass is 10.0. The molecule has 0 aliphatic carbocycles. The Bertz CT molecular complexity index is 240. The molecule has 0 aromatic rings. The monoisotopic (exact) mass is 254 g/mol. The minimum Gasteiger partial charge on any atom is -0.381 e. The first kappa shape index (κ1) is 14.2. The Morgan fingerprint density at radius 1 is 1.41 bits per heavy atom. The summed E-state index contributed by atoms with van der Waals surface area (Å²) in [6.45, 7) is 0.362. The van der Waals surface area contributed by atoms with Gasteiger partial charge in [-0.3, -0.25) is 4.79 Å². The van der Waals surface area contributed by atoms with Crippen molar-refractivity contribution in [3.63, 3.8) is 0 Å². The number of alkyl halides is 3. The molecule has 1 aliphatic rings. The maximum Gasteiger partial charge on any atom is 0.401 e. The first-order chi connectivity index (χ1) is 7.97. The molecule has 4 nitrogen and oxygen atoms in total. The number of carbonyl (C=O) groups excluding carboxylic acids is 1. The molecule has 0 saturated carbocycles. The molecule has 1 fully saturated rings. The topological polar surface area (TPSA) is 50.4 Å². The van der Waals surface area contributed by atoms with Crippen LogP contribution in [-0.2, 0) is 9.53 Å². The average Bonchev–Trinajstić information content (AvgIpc) is 2.26. The highest BCUT2D eigenvalue weighted by Crippen LogP contribution is 2.12. The normalized spacial score (nSPS) is 21.2. The van der Waals surface area contributed by atoms with E-state index in [9.17, 15) is 18.0 Å². The second kappa shape index (κ2) is 6.80. The summed E-state index contributed by atoms with van der Waals surface area (Å²) in [5, 5.41) is 4.63. The summed E-state index contributed by atoms with van der Waals surface area (Å²) in [6.07, 6.45) is -2.33. The largest absolute Gasteiger partial charge is 0.401 e. The van der Waals surface area contributed by atoms with E-state index in [-0.39, 0.29) is 12.5 Å². The van der Waals surface area contributed by atoms with Crippen LogP contribution in [0.1, 0.15) is 12.8 Å². The van der Waals surface area contributed by atoms with E-state index in [4.69, 9.17) is 4.74 Å². The van der Waals surface area contributed by atoms with Crippen molar-refractivity contribution in [2.75, 3.05) is 32.8 Å². The van der Waals surface area contributed by atoms with Crippen molar-refractivity contribution >= 4 is 5.91 Å². The number of amides is 1. The van der Waals surface area contributed by atoms with Crippen molar-refractivity contribution in [2.45, 2.75) is 19.0 Å². The van der Waals surface area contributed by atoms with Crippen molar-refractivity contribution < 1.29 is 22.7 Å². The molecule has 1 amide bonds. The van der Waals surface area contributed by atoms with Crippen LogP contribution in [0.25, 0.3) is 0 Å².